The first-order valence-corrected chi connectivity index (χ1v) is 7.51. The van der Waals surface area contributed by atoms with Gasteiger partial charge in [-0.2, -0.15) is 0 Å². The van der Waals surface area contributed by atoms with Gasteiger partial charge in [-0.05, 0) is 51.3 Å². The van der Waals surface area contributed by atoms with Gasteiger partial charge in [0, 0.05) is 12.1 Å². The smallest absolute Gasteiger partial charge is 0.164 e. The second-order valence-corrected chi connectivity index (χ2v) is 5.87. The molecule has 1 aliphatic heterocycles. The quantitative estimate of drug-likeness (QED) is 0.878. The fourth-order valence-electron chi connectivity index (χ4n) is 2.90. The lowest BCUT2D eigenvalue weighted by Gasteiger charge is -2.33. The van der Waals surface area contributed by atoms with Gasteiger partial charge in [0.15, 0.2) is 11.6 Å². The Bertz CT molecular complexity index is 460. The van der Waals surface area contributed by atoms with Gasteiger partial charge < -0.3 is 15.1 Å². The number of aliphatic hydroxyl groups excluding tert-OH is 2. The average Bonchev–Trinajstić information content (AvgIpc) is 2.48. The van der Waals surface area contributed by atoms with E-state index in [-0.39, 0.29) is 11.7 Å². The maximum absolute atomic E-state index is 13.6. The van der Waals surface area contributed by atoms with Crippen LogP contribution < -0.4 is 0 Å². The van der Waals surface area contributed by atoms with Gasteiger partial charge >= 0.3 is 0 Å². The number of likely N-dealkylation sites (tertiary alicyclic amines) is 1. The fourth-order valence-corrected chi connectivity index (χ4v) is 2.90. The van der Waals surface area contributed by atoms with E-state index in [1.54, 1.807) is 0 Å². The molecular formula is C16H23F2NO2. The molecule has 0 bridgehead atoms. The van der Waals surface area contributed by atoms with E-state index in [0.717, 1.165) is 32.0 Å². The summed E-state index contributed by atoms with van der Waals surface area (Å²) in [6.45, 7) is 4.20. The van der Waals surface area contributed by atoms with Gasteiger partial charge in [0.25, 0.3) is 0 Å². The molecule has 2 rings (SSSR count). The van der Waals surface area contributed by atoms with Crippen molar-refractivity contribution >= 4 is 0 Å². The summed E-state index contributed by atoms with van der Waals surface area (Å²) >= 11 is 0. The number of hydrogen-bond acceptors (Lipinski definition) is 3. The normalized spacial score (nSPS) is 20.4. The summed E-state index contributed by atoms with van der Waals surface area (Å²) in [4.78, 5) is 2.19. The highest BCUT2D eigenvalue weighted by atomic mass is 19.2. The second-order valence-electron chi connectivity index (χ2n) is 5.87. The monoisotopic (exact) mass is 299 g/mol. The minimum Gasteiger partial charge on any atom is -0.393 e. The lowest BCUT2D eigenvalue weighted by atomic mass is 9.92. The van der Waals surface area contributed by atoms with Crippen molar-refractivity contribution in [3.63, 3.8) is 0 Å². The molecule has 0 spiro atoms. The Hall–Kier alpha value is -1.04. The van der Waals surface area contributed by atoms with Gasteiger partial charge in [0.2, 0.25) is 0 Å². The molecule has 1 heterocycles. The van der Waals surface area contributed by atoms with Crippen LogP contribution in [0.5, 0.6) is 0 Å². The summed E-state index contributed by atoms with van der Waals surface area (Å²) in [5, 5.41) is 19.6. The fraction of sp³-hybridized carbons (Fsp3) is 0.625. The molecule has 3 nitrogen and oxygen atoms in total. The van der Waals surface area contributed by atoms with Crippen LogP contribution in [-0.2, 0) is 0 Å². The van der Waals surface area contributed by atoms with E-state index in [2.05, 4.69) is 4.90 Å². The third-order valence-electron chi connectivity index (χ3n) is 4.37. The van der Waals surface area contributed by atoms with E-state index in [4.69, 9.17) is 0 Å². The SMILES string of the molecule is CC(O)C1CCN(CCC(O)c2cccc(F)c2F)CC1. The van der Waals surface area contributed by atoms with Crippen molar-refractivity contribution in [1.29, 1.82) is 0 Å². The van der Waals surface area contributed by atoms with E-state index in [1.807, 2.05) is 6.92 Å². The van der Waals surface area contributed by atoms with Crippen LogP contribution in [0.25, 0.3) is 0 Å². The minimum absolute atomic E-state index is 0.0221. The van der Waals surface area contributed by atoms with Crippen molar-refractivity contribution in [3.8, 4) is 0 Å². The highest BCUT2D eigenvalue weighted by Crippen LogP contribution is 2.24. The average molecular weight is 299 g/mol. The van der Waals surface area contributed by atoms with E-state index < -0.39 is 17.7 Å². The van der Waals surface area contributed by atoms with Gasteiger partial charge in [-0.1, -0.05) is 12.1 Å². The molecule has 2 unspecified atom stereocenters. The van der Waals surface area contributed by atoms with Crippen molar-refractivity contribution in [2.75, 3.05) is 19.6 Å². The van der Waals surface area contributed by atoms with Crippen LogP contribution in [0.3, 0.4) is 0 Å². The van der Waals surface area contributed by atoms with E-state index in [0.29, 0.717) is 18.9 Å². The molecule has 1 saturated heterocycles. The summed E-state index contributed by atoms with van der Waals surface area (Å²) in [6, 6.07) is 3.88. The molecule has 1 aliphatic rings. The molecule has 1 fully saturated rings. The largest absolute Gasteiger partial charge is 0.393 e. The van der Waals surface area contributed by atoms with Crippen molar-refractivity contribution < 1.29 is 19.0 Å². The Morgan fingerprint density at radius 3 is 2.52 bits per heavy atom. The maximum atomic E-state index is 13.6. The molecule has 0 aromatic heterocycles. The molecule has 2 N–H and O–H groups in total. The highest BCUT2D eigenvalue weighted by molar-refractivity contribution is 5.21. The number of nitrogens with zero attached hydrogens (tertiary/aromatic N) is 1. The van der Waals surface area contributed by atoms with Crippen molar-refractivity contribution in [2.24, 2.45) is 5.92 Å². The van der Waals surface area contributed by atoms with Gasteiger partial charge in [0.05, 0.1) is 12.2 Å². The standard InChI is InChI=1S/C16H23F2NO2/c1-11(20)12-5-8-19(9-6-12)10-7-15(21)13-3-2-4-14(17)16(13)18/h2-4,11-12,15,20-21H,5-10H2,1H3. The number of piperidine rings is 1. The zero-order valence-corrected chi connectivity index (χ0v) is 12.3. The van der Waals surface area contributed by atoms with Crippen LogP contribution in [0, 0.1) is 17.6 Å². The highest BCUT2D eigenvalue weighted by Gasteiger charge is 2.23. The summed E-state index contributed by atoms with van der Waals surface area (Å²) < 4.78 is 26.7. The number of rotatable bonds is 5. The number of halogens is 2. The molecule has 0 radical (unpaired) electrons. The lowest BCUT2D eigenvalue weighted by molar-refractivity contribution is 0.0637. The van der Waals surface area contributed by atoms with Crippen molar-refractivity contribution in [3.05, 3.63) is 35.4 Å². The van der Waals surface area contributed by atoms with Gasteiger partial charge in [-0.3, -0.25) is 0 Å². The summed E-state index contributed by atoms with van der Waals surface area (Å²) in [7, 11) is 0. The van der Waals surface area contributed by atoms with Gasteiger partial charge in [-0.25, -0.2) is 8.78 Å². The predicted octanol–water partition coefficient (Wildman–Crippen LogP) is 2.48. The van der Waals surface area contributed by atoms with Crippen LogP contribution in [0.4, 0.5) is 8.78 Å². The topological polar surface area (TPSA) is 43.7 Å². The number of aliphatic hydroxyl groups is 2. The third kappa shape index (κ3) is 4.22. The Labute approximate surface area is 124 Å². The molecule has 21 heavy (non-hydrogen) atoms. The first kappa shape index (κ1) is 16.3. The summed E-state index contributed by atoms with van der Waals surface area (Å²) in [6.07, 6.45) is 0.971. The summed E-state index contributed by atoms with van der Waals surface area (Å²) in [5.74, 6) is -1.55. The molecule has 2 atom stereocenters. The van der Waals surface area contributed by atoms with Crippen LogP contribution in [0.2, 0.25) is 0 Å². The predicted molar refractivity (Wildman–Crippen MR) is 76.8 cm³/mol. The Morgan fingerprint density at radius 2 is 1.90 bits per heavy atom. The zero-order chi connectivity index (χ0) is 15.4. The van der Waals surface area contributed by atoms with Crippen LogP contribution in [0.15, 0.2) is 18.2 Å². The summed E-state index contributed by atoms with van der Waals surface area (Å²) in [5.41, 5.74) is 0.0221. The molecule has 0 aliphatic carbocycles. The maximum Gasteiger partial charge on any atom is 0.164 e. The zero-order valence-electron chi connectivity index (χ0n) is 12.3. The van der Waals surface area contributed by atoms with E-state index in [9.17, 15) is 19.0 Å². The van der Waals surface area contributed by atoms with Gasteiger partial charge in [0.1, 0.15) is 0 Å². The molecule has 118 valence electrons. The first-order chi connectivity index (χ1) is 9.99. The molecular weight excluding hydrogens is 276 g/mol. The molecule has 1 aromatic carbocycles. The van der Waals surface area contributed by atoms with Crippen LogP contribution in [-0.4, -0.2) is 40.9 Å². The second kappa shape index (κ2) is 7.29. The molecule has 0 saturated carbocycles. The van der Waals surface area contributed by atoms with E-state index >= 15 is 0 Å². The number of hydrogen-bond donors (Lipinski definition) is 2. The minimum atomic E-state index is -0.991. The van der Waals surface area contributed by atoms with Crippen molar-refractivity contribution in [1.82, 2.24) is 4.90 Å². The van der Waals surface area contributed by atoms with Gasteiger partial charge in [-0.15, -0.1) is 0 Å². The van der Waals surface area contributed by atoms with Crippen LogP contribution in [0.1, 0.15) is 37.9 Å². The Morgan fingerprint density at radius 1 is 1.24 bits per heavy atom. The number of benzene rings is 1. The molecule has 1 aromatic rings. The van der Waals surface area contributed by atoms with E-state index in [1.165, 1.54) is 12.1 Å². The third-order valence-corrected chi connectivity index (χ3v) is 4.37. The Kier molecular flexibility index (Phi) is 5.67. The Balaban J connectivity index is 1.82. The molecule has 0 amide bonds. The van der Waals surface area contributed by atoms with Crippen molar-refractivity contribution in [2.45, 2.75) is 38.4 Å². The molecule has 5 heteroatoms. The lowest BCUT2D eigenvalue weighted by Crippen LogP contribution is -2.37. The first-order valence-electron chi connectivity index (χ1n) is 7.51. The van der Waals surface area contributed by atoms with Crippen LogP contribution >= 0.6 is 0 Å².